The molecule has 1 amide bonds. The van der Waals surface area contributed by atoms with E-state index in [1.54, 1.807) is 0 Å². The minimum Gasteiger partial charge on any atom is -0.862 e. The maximum atomic E-state index is 11.6. The summed E-state index contributed by atoms with van der Waals surface area (Å²) < 4.78 is 0. The molecule has 0 aromatic carbocycles. The van der Waals surface area contributed by atoms with Crippen LogP contribution in [0.4, 0.5) is 0 Å². The Morgan fingerprint density at radius 2 is 1.24 bits per heavy atom. The molecule has 0 saturated heterocycles. The second-order valence-corrected chi connectivity index (χ2v) is 10.3. The standard InChI is InChI=1S/2C16H30N2O4.Ca/c2*1-2-3-4-5-6-8-15(20)17-10-13-18(11-7-14-19)12-9-16(21)22;/h2*3-4,19H,2,5-14H2,1H3,(H,17,20)(H,21,22);/q;;+2/p-2/b2*4-3+;. The van der Waals surface area contributed by atoms with Crippen LogP contribution in [0.25, 0.3) is 0 Å². The third-order valence-corrected chi connectivity index (χ3v) is 6.33. The number of carbonyl (C=O) groups is 3. The average Bonchev–Trinajstić information content (AvgIpc) is 2.99. The van der Waals surface area contributed by atoms with Gasteiger partial charge in [-0.2, -0.15) is 0 Å². The molecule has 0 heterocycles. The van der Waals surface area contributed by atoms with Gasteiger partial charge in [-0.25, -0.2) is 0 Å². The molecule has 0 spiro atoms. The summed E-state index contributed by atoms with van der Waals surface area (Å²) in [6.45, 7) is 8.32. The number of hydrogen-bond donors (Lipinski definition) is 4. The van der Waals surface area contributed by atoms with Gasteiger partial charge in [-0.1, -0.05) is 38.2 Å². The zero-order valence-corrected chi connectivity index (χ0v) is 30.0. The normalized spacial score (nSPS) is 11.6. The van der Waals surface area contributed by atoms with E-state index in [2.05, 4.69) is 48.5 Å². The van der Waals surface area contributed by atoms with Crippen LogP contribution in [0.1, 0.15) is 90.9 Å². The first-order valence-corrected chi connectivity index (χ1v) is 16.0. The Bertz CT molecular complexity index is 812. The number of carbonyl (C=O) groups excluding carboxylic acids is 2. The summed E-state index contributed by atoms with van der Waals surface area (Å²) in [4.78, 5) is 40.6. The van der Waals surface area contributed by atoms with Crippen molar-refractivity contribution in [3.8, 4) is 0 Å². The van der Waals surface area contributed by atoms with Gasteiger partial charge in [0.2, 0.25) is 5.91 Å². The topological polar surface area (TPSA) is 189 Å². The maximum absolute atomic E-state index is 11.6. The molecule has 4 N–H and O–H groups in total. The third kappa shape index (κ3) is 38.6. The molecule has 0 aliphatic rings. The van der Waals surface area contributed by atoms with Crippen molar-refractivity contribution in [2.75, 3.05) is 65.6 Å². The van der Waals surface area contributed by atoms with E-state index in [0.29, 0.717) is 78.0 Å². The number of aliphatic hydroxyl groups excluding tert-OH is 2. The van der Waals surface area contributed by atoms with Crippen molar-refractivity contribution in [3.63, 3.8) is 0 Å². The number of unbranched alkanes of at least 4 members (excludes halogenated alkanes) is 2. The van der Waals surface area contributed by atoms with E-state index in [1.807, 2.05) is 9.80 Å². The molecular weight excluding hydrogens is 608 g/mol. The molecule has 0 rings (SSSR count). The van der Waals surface area contributed by atoms with Gasteiger partial charge in [-0.15, -0.1) is 0 Å². The number of allylic oxidation sites excluding steroid dienone is 4. The fourth-order valence-electron chi connectivity index (χ4n) is 3.92. The summed E-state index contributed by atoms with van der Waals surface area (Å²) in [6.07, 6.45) is 16.0. The summed E-state index contributed by atoms with van der Waals surface area (Å²) in [5.41, 5.74) is 0. The summed E-state index contributed by atoms with van der Waals surface area (Å²) in [6, 6.07) is 0. The number of hydrogen-bond acceptors (Lipinski definition) is 10. The molecule has 0 atom stereocenters. The zero-order chi connectivity index (χ0) is 33.3. The number of nitrogens with zero attached hydrogens (tertiary/aromatic N) is 3. The second-order valence-electron chi connectivity index (χ2n) is 10.3. The summed E-state index contributed by atoms with van der Waals surface area (Å²) in [5.74, 6) is -2.00. The Balaban J connectivity index is -0.000000767. The zero-order valence-electron chi connectivity index (χ0n) is 27.8. The van der Waals surface area contributed by atoms with E-state index >= 15 is 0 Å². The largest absolute Gasteiger partial charge is 2.00 e. The molecule has 256 valence electrons. The van der Waals surface area contributed by atoms with Crippen molar-refractivity contribution >= 4 is 61.5 Å². The Labute approximate surface area is 300 Å². The van der Waals surface area contributed by atoms with Crippen LogP contribution in [0.5, 0.6) is 0 Å². The number of aliphatic imine (C=N–C) groups is 1. The molecule has 0 radical (unpaired) electrons. The Morgan fingerprint density at radius 3 is 1.76 bits per heavy atom. The van der Waals surface area contributed by atoms with Gasteiger partial charge in [-0.3, -0.25) is 9.59 Å². The number of amides is 1. The van der Waals surface area contributed by atoms with Crippen molar-refractivity contribution in [2.24, 2.45) is 4.99 Å². The van der Waals surface area contributed by atoms with Crippen LogP contribution < -0.4 is 15.5 Å². The Hall–Kier alpha value is -1.54. The predicted octanol–water partition coefficient (Wildman–Crippen LogP) is 0.724. The van der Waals surface area contributed by atoms with Crippen LogP contribution in [0, 0.1) is 0 Å². The van der Waals surface area contributed by atoms with Gasteiger partial charge < -0.3 is 50.4 Å². The number of carboxylic acids is 2. The fraction of sp³-hybridized carbons (Fsp3) is 0.750. The van der Waals surface area contributed by atoms with E-state index in [1.165, 1.54) is 0 Å². The van der Waals surface area contributed by atoms with Crippen LogP contribution in [0.3, 0.4) is 0 Å². The second kappa shape index (κ2) is 36.9. The molecule has 0 unspecified atom stereocenters. The molecule has 0 saturated carbocycles. The first-order valence-electron chi connectivity index (χ1n) is 16.0. The molecular formula is C32H58CaN4O8. The van der Waals surface area contributed by atoms with Crippen molar-refractivity contribution in [2.45, 2.75) is 90.9 Å². The number of aliphatic hydroxyl groups is 2. The third-order valence-electron chi connectivity index (χ3n) is 6.33. The van der Waals surface area contributed by atoms with Crippen LogP contribution in [-0.4, -0.2) is 152 Å². The monoisotopic (exact) mass is 666 g/mol. The smallest absolute Gasteiger partial charge is 0.862 e. The van der Waals surface area contributed by atoms with Crippen molar-refractivity contribution < 1.29 is 39.9 Å². The Kier molecular flexibility index (Phi) is 39.3. The average molecular weight is 667 g/mol. The van der Waals surface area contributed by atoms with Crippen molar-refractivity contribution in [1.29, 1.82) is 0 Å². The van der Waals surface area contributed by atoms with Gasteiger partial charge in [0.25, 0.3) is 0 Å². The van der Waals surface area contributed by atoms with Crippen molar-refractivity contribution in [1.82, 2.24) is 15.1 Å². The summed E-state index contributed by atoms with van der Waals surface area (Å²) in [7, 11) is 0. The van der Waals surface area contributed by atoms with Gasteiger partial charge >= 0.3 is 43.7 Å². The van der Waals surface area contributed by atoms with Gasteiger partial charge in [0.05, 0.1) is 13.0 Å². The quantitative estimate of drug-likeness (QED) is 0.0305. The maximum Gasteiger partial charge on any atom is 2.00 e. The van der Waals surface area contributed by atoms with Gasteiger partial charge in [-0.05, 0) is 70.1 Å². The number of nitrogens with one attached hydrogen (secondary N) is 1. The molecule has 0 bridgehead atoms. The molecule has 0 aromatic rings. The van der Waals surface area contributed by atoms with Crippen LogP contribution in [0.15, 0.2) is 29.3 Å². The molecule has 0 fully saturated rings. The molecule has 0 aromatic heterocycles. The SMILES string of the molecule is CC/C=C/CCCC(=O)NCCN(CCCO)CCC(=O)O.CC/C=C/CCCC([O-])=NCCN(CCCO)CCC(=O)[O-].[Ca+2]. The van der Waals surface area contributed by atoms with Gasteiger partial charge in [0.1, 0.15) is 0 Å². The first-order chi connectivity index (χ1) is 21.2. The molecule has 0 aliphatic carbocycles. The summed E-state index contributed by atoms with van der Waals surface area (Å²) in [5, 5.41) is 51.3. The van der Waals surface area contributed by atoms with E-state index < -0.39 is 11.9 Å². The number of carboxylic acid groups (broad SMARTS) is 2. The molecule has 13 heteroatoms. The van der Waals surface area contributed by atoms with Crippen LogP contribution >= 0.6 is 0 Å². The minimum absolute atomic E-state index is 0. The number of rotatable bonds is 28. The van der Waals surface area contributed by atoms with E-state index in [0.717, 1.165) is 38.5 Å². The van der Waals surface area contributed by atoms with Crippen LogP contribution in [0.2, 0.25) is 0 Å². The predicted molar refractivity (Wildman–Crippen MR) is 176 cm³/mol. The summed E-state index contributed by atoms with van der Waals surface area (Å²) >= 11 is 0. The van der Waals surface area contributed by atoms with E-state index in [-0.39, 0.29) is 75.6 Å². The minimum atomic E-state index is -1.10. The fourth-order valence-corrected chi connectivity index (χ4v) is 3.92. The molecule has 45 heavy (non-hydrogen) atoms. The first kappa shape index (κ1) is 47.9. The van der Waals surface area contributed by atoms with Gasteiger partial charge in [0.15, 0.2) is 0 Å². The molecule has 12 nitrogen and oxygen atoms in total. The van der Waals surface area contributed by atoms with E-state index in [9.17, 15) is 24.6 Å². The van der Waals surface area contributed by atoms with Crippen LogP contribution in [-0.2, 0) is 14.4 Å². The van der Waals surface area contributed by atoms with E-state index in [4.69, 9.17) is 15.3 Å². The van der Waals surface area contributed by atoms with Crippen molar-refractivity contribution in [3.05, 3.63) is 24.3 Å². The number of aliphatic carboxylic acids is 2. The van der Waals surface area contributed by atoms with Gasteiger partial charge in [0, 0.05) is 71.4 Å². The Morgan fingerprint density at radius 1 is 0.711 bits per heavy atom. The molecule has 0 aliphatic heterocycles.